The van der Waals surface area contributed by atoms with E-state index in [2.05, 4.69) is 4.90 Å². The van der Waals surface area contributed by atoms with Crippen LogP contribution >= 0.6 is 0 Å². The molecule has 0 atom stereocenters. The first-order valence-corrected chi connectivity index (χ1v) is 6.47. The number of carbonyl (C=O) groups excluding carboxylic acids is 1. The van der Waals surface area contributed by atoms with Crippen LogP contribution in [0.3, 0.4) is 0 Å². The van der Waals surface area contributed by atoms with Crippen molar-refractivity contribution in [1.82, 2.24) is 9.88 Å². The third-order valence-electron chi connectivity index (χ3n) is 3.81. The van der Waals surface area contributed by atoms with Gasteiger partial charge in [0.2, 0.25) is 5.91 Å². The maximum Gasteiger partial charge on any atom is 0.249 e. The summed E-state index contributed by atoms with van der Waals surface area (Å²) in [4.78, 5) is 18.8. The molecule has 98 valence electrons. The number of aryl methyl sites for hydroxylation is 1. The molecule has 3 rings (SSSR count). The second-order valence-corrected chi connectivity index (χ2v) is 5.24. The van der Waals surface area contributed by atoms with Crippen LogP contribution in [0.1, 0.15) is 27.2 Å². The first kappa shape index (κ1) is 12.1. The maximum absolute atomic E-state index is 11.9. The van der Waals surface area contributed by atoms with Gasteiger partial charge in [-0.1, -0.05) is 18.2 Å². The number of pyridine rings is 1. The van der Waals surface area contributed by atoms with Crippen molar-refractivity contribution < 1.29 is 4.79 Å². The number of nitrogens with two attached hydrogens (primary N) is 1. The third-order valence-corrected chi connectivity index (χ3v) is 3.81. The van der Waals surface area contributed by atoms with Crippen LogP contribution in [-0.4, -0.2) is 29.4 Å². The van der Waals surface area contributed by atoms with Gasteiger partial charge in [-0.15, -0.1) is 0 Å². The summed E-state index contributed by atoms with van der Waals surface area (Å²) >= 11 is 0. The number of hydrogen-bond donors (Lipinski definition) is 1. The lowest BCUT2D eigenvalue weighted by Gasteiger charge is -2.26. The van der Waals surface area contributed by atoms with Gasteiger partial charge in [0.25, 0.3) is 0 Å². The number of primary amides is 1. The van der Waals surface area contributed by atoms with Crippen molar-refractivity contribution in [3.63, 3.8) is 0 Å². The summed E-state index contributed by atoms with van der Waals surface area (Å²) in [5.41, 5.74) is 10.3. The molecule has 0 bridgehead atoms. The normalized spacial score (nSPS) is 15.5. The number of aromatic nitrogens is 1. The fourth-order valence-corrected chi connectivity index (χ4v) is 2.82. The highest BCUT2D eigenvalue weighted by Crippen LogP contribution is 2.28. The molecule has 0 spiro atoms. The Hall–Kier alpha value is -1.94. The molecule has 0 aliphatic carbocycles. The molecule has 2 aromatic rings. The molecule has 1 aromatic carbocycles. The number of nitrogens with zero attached hydrogens (tertiary/aromatic N) is 2. The van der Waals surface area contributed by atoms with E-state index in [1.807, 2.05) is 32.2 Å². The van der Waals surface area contributed by atoms with E-state index in [4.69, 9.17) is 10.7 Å². The summed E-state index contributed by atoms with van der Waals surface area (Å²) in [6, 6.07) is 5.90. The zero-order chi connectivity index (χ0) is 13.6. The van der Waals surface area contributed by atoms with Gasteiger partial charge >= 0.3 is 0 Å². The Morgan fingerprint density at radius 2 is 2.21 bits per heavy atom. The molecule has 0 radical (unpaired) electrons. The van der Waals surface area contributed by atoms with Crippen LogP contribution in [-0.2, 0) is 13.0 Å². The Labute approximate surface area is 112 Å². The van der Waals surface area contributed by atoms with Crippen molar-refractivity contribution in [1.29, 1.82) is 0 Å². The number of hydrogen-bond acceptors (Lipinski definition) is 3. The van der Waals surface area contributed by atoms with Crippen molar-refractivity contribution in [2.75, 3.05) is 13.6 Å². The molecular formula is C15H17N3O. The molecule has 2 N–H and O–H groups in total. The van der Waals surface area contributed by atoms with Gasteiger partial charge in [-0.25, -0.2) is 0 Å². The van der Waals surface area contributed by atoms with Gasteiger partial charge < -0.3 is 10.6 Å². The van der Waals surface area contributed by atoms with Crippen molar-refractivity contribution in [2.24, 2.45) is 5.73 Å². The minimum atomic E-state index is -0.357. The summed E-state index contributed by atoms with van der Waals surface area (Å²) in [5, 5.41) is 0.876. The van der Waals surface area contributed by atoms with Crippen molar-refractivity contribution in [3.05, 3.63) is 40.6 Å². The van der Waals surface area contributed by atoms with Crippen molar-refractivity contribution >= 4 is 16.8 Å². The van der Waals surface area contributed by atoms with Crippen molar-refractivity contribution in [2.45, 2.75) is 19.9 Å². The van der Waals surface area contributed by atoms with E-state index in [0.717, 1.165) is 47.2 Å². The quantitative estimate of drug-likeness (QED) is 0.842. The van der Waals surface area contributed by atoms with Gasteiger partial charge in [-0.2, -0.15) is 0 Å². The molecule has 1 aliphatic heterocycles. The molecule has 4 heteroatoms. The number of benzene rings is 1. The monoisotopic (exact) mass is 255 g/mol. The topological polar surface area (TPSA) is 59.2 Å². The second kappa shape index (κ2) is 4.31. The first-order chi connectivity index (χ1) is 9.08. The Bertz CT molecular complexity index is 679. The number of likely N-dealkylation sites (N-methyl/N-ethyl adjacent to an activating group) is 1. The van der Waals surface area contributed by atoms with E-state index in [1.54, 1.807) is 0 Å². The van der Waals surface area contributed by atoms with Crippen LogP contribution < -0.4 is 5.73 Å². The molecular weight excluding hydrogens is 238 g/mol. The molecule has 2 heterocycles. The lowest BCUT2D eigenvalue weighted by atomic mass is 9.94. The highest BCUT2D eigenvalue weighted by molar-refractivity contribution is 6.07. The van der Waals surface area contributed by atoms with Crippen LogP contribution in [0.5, 0.6) is 0 Å². The third kappa shape index (κ3) is 1.88. The predicted octanol–water partition coefficient (Wildman–Crippen LogP) is 1.63. The summed E-state index contributed by atoms with van der Waals surface area (Å²) in [5.74, 6) is -0.357. The zero-order valence-corrected chi connectivity index (χ0v) is 11.2. The fourth-order valence-electron chi connectivity index (χ4n) is 2.82. The highest BCUT2D eigenvalue weighted by atomic mass is 16.1. The first-order valence-electron chi connectivity index (χ1n) is 6.47. The minimum Gasteiger partial charge on any atom is -0.366 e. The Morgan fingerprint density at radius 3 is 2.95 bits per heavy atom. The van der Waals surface area contributed by atoms with E-state index >= 15 is 0 Å². The van der Waals surface area contributed by atoms with E-state index in [0.29, 0.717) is 5.56 Å². The molecule has 0 saturated carbocycles. The highest BCUT2D eigenvalue weighted by Gasteiger charge is 2.23. The molecule has 1 amide bonds. The van der Waals surface area contributed by atoms with Gasteiger partial charge in [0, 0.05) is 36.2 Å². The van der Waals surface area contributed by atoms with Crippen molar-refractivity contribution in [3.8, 4) is 0 Å². The predicted molar refractivity (Wildman–Crippen MR) is 75.0 cm³/mol. The van der Waals surface area contributed by atoms with Gasteiger partial charge in [-0.3, -0.25) is 9.78 Å². The number of amides is 1. The molecule has 4 nitrogen and oxygen atoms in total. The Balaban J connectivity index is 2.40. The van der Waals surface area contributed by atoms with Crippen LogP contribution in [0.15, 0.2) is 18.2 Å². The number of fused-ring (bicyclic) bond motifs is 2. The smallest absolute Gasteiger partial charge is 0.249 e. The maximum atomic E-state index is 11.9. The van der Waals surface area contributed by atoms with Crippen LogP contribution in [0.4, 0.5) is 0 Å². The average Bonchev–Trinajstić information content (AvgIpc) is 2.36. The minimum absolute atomic E-state index is 0.357. The van der Waals surface area contributed by atoms with Gasteiger partial charge in [-0.05, 0) is 19.5 Å². The number of carbonyl (C=O) groups is 1. The van der Waals surface area contributed by atoms with Gasteiger partial charge in [0.1, 0.15) is 0 Å². The van der Waals surface area contributed by atoms with E-state index < -0.39 is 0 Å². The summed E-state index contributed by atoms with van der Waals surface area (Å²) < 4.78 is 0. The molecule has 0 unspecified atom stereocenters. The number of para-hydroxylation sites is 1. The Morgan fingerprint density at radius 1 is 1.42 bits per heavy atom. The second-order valence-electron chi connectivity index (χ2n) is 5.24. The Kier molecular flexibility index (Phi) is 2.75. The fraction of sp³-hybridized carbons (Fsp3) is 0.333. The van der Waals surface area contributed by atoms with Gasteiger partial charge in [0.05, 0.1) is 11.1 Å². The SMILES string of the molecule is Cc1cccc2c(C(N)=O)c3c(nc12)CCN(C)C3. The van der Waals surface area contributed by atoms with Crippen LogP contribution in [0.2, 0.25) is 0 Å². The molecule has 1 aromatic heterocycles. The van der Waals surface area contributed by atoms with E-state index in [1.165, 1.54) is 0 Å². The van der Waals surface area contributed by atoms with E-state index in [-0.39, 0.29) is 5.91 Å². The molecule has 0 saturated heterocycles. The summed E-state index contributed by atoms with van der Waals surface area (Å²) in [6.07, 6.45) is 0.871. The standard InChI is InChI=1S/C15H17N3O/c1-9-4-3-5-10-13(15(16)19)11-8-18(2)7-6-12(11)17-14(9)10/h3-5H,6-8H2,1-2H3,(H2,16,19). The largest absolute Gasteiger partial charge is 0.366 e. The summed E-state index contributed by atoms with van der Waals surface area (Å²) in [7, 11) is 2.05. The number of rotatable bonds is 1. The van der Waals surface area contributed by atoms with E-state index in [9.17, 15) is 4.79 Å². The zero-order valence-electron chi connectivity index (χ0n) is 11.2. The van der Waals surface area contributed by atoms with Crippen LogP contribution in [0, 0.1) is 6.92 Å². The lowest BCUT2D eigenvalue weighted by molar-refractivity contribution is 0.0999. The van der Waals surface area contributed by atoms with Gasteiger partial charge in [0.15, 0.2) is 0 Å². The lowest BCUT2D eigenvalue weighted by Crippen LogP contribution is -2.30. The molecule has 0 fully saturated rings. The summed E-state index contributed by atoms with van der Waals surface area (Å²) in [6.45, 7) is 3.72. The van der Waals surface area contributed by atoms with Crippen LogP contribution in [0.25, 0.3) is 10.9 Å². The molecule has 19 heavy (non-hydrogen) atoms. The molecule has 1 aliphatic rings. The average molecular weight is 255 g/mol.